The van der Waals surface area contributed by atoms with E-state index in [-0.39, 0.29) is 10.8 Å². The molecular weight excluding hydrogens is 266 g/mol. The van der Waals surface area contributed by atoms with Gasteiger partial charge >= 0.3 is 0 Å². The van der Waals surface area contributed by atoms with Gasteiger partial charge in [0.2, 0.25) is 11.9 Å². The lowest BCUT2D eigenvalue weighted by Gasteiger charge is -1.98. The van der Waals surface area contributed by atoms with E-state index in [0.29, 0.717) is 11.6 Å². The first-order valence-electron chi connectivity index (χ1n) is 6.58. The van der Waals surface area contributed by atoms with E-state index in [9.17, 15) is 14.9 Å². The van der Waals surface area contributed by atoms with Crippen molar-refractivity contribution in [2.75, 3.05) is 5.32 Å². The molecule has 0 unspecified atom stereocenters. The van der Waals surface area contributed by atoms with Crippen molar-refractivity contribution < 1.29 is 9.72 Å². The minimum Gasteiger partial charge on any atom is -0.301 e. The quantitative estimate of drug-likeness (QED) is 0.522. The highest BCUT2D eigenvalue weighted by atomic mass is 32.1. The van der Waals surface area contributed by atoms with Gasteiger partial charge in [-0.05, 0) is 25.7 Å². The van der Waals surface area contributed by atoms with Crippen LogP contribution >= 0.6 is 11.3 Å². The number of rotatable bonds is 3. The Labute approximate surface area is 114 Å². The molecule has 0 aromatic carbocycles. The van der Waals surface area contributed by atoms with Gasteiger partial charge < -0.3 is 5.32 Å². The highest BCUT2D eigenvalue weighted by Crippen LogP contribution is 2.35. The van der Waals surface area contributed by atoms with Gasteiger partial charge in [-0.25, -0.2) is 4.98 Å². The maximum Gasteiger partial charge on any atom is 0.236 e. The number of carbonyl (C=O) groups excluding carboxylic acids is 1. The van der Waals surface area contributed by atoms with Gasteiger partial charge in [-0.3, -0.25) is 14.9 Å². The number of hydrogen-bond acceptors (Lipinski definition) is 5. The molecule has 0 spiro atoms. The molecule has 0 aliphatic heterocycles. The second-order valence-corrected chi connectivity index (χ2v) is 6.22. The minimum atomic E-state index is -0.696. The van der Waals surface area contributed by atoms with Gasteiger partial charge in [-0.1, -0.05) is 6.42 Å². The van der Waals surface area contributed by atoms with Gasteiger partial charge in [0, 0.05) is 16.2 Å². The summed E-state index contributed by atoms with van der Waals surface area (Å²) >= 11 is 1.52. The second-order valence-electron chi connectivity index (χ2n) is 5.13. The van der Waals surface area contributed by atoms with Crippen molar-refractivity contribution in [3.05, 3.63) is 20.7 Å². The molecule has 1 heterocycles. The molecule has 1 saturated carbocycles. The molecule has 1 amide bonds. The van der Waals surface area contributed by atoms with Crippen molar-refractivity contribution in [2.45, 2.75) is 44.6 Å². The summed E-state index contributed by atoms with van der Waals surface area (Å²) in [7, 11) is 0. The van der Waals surface area contributed by atoms with E-state index < -0.39 is 12.0 Å². The zero-order valence-corrected chi connectivity index (χ0v) is 11.2. The fourth-order valence-corrected chi connectivity index (χ4v) is 3.53. The van der Waals surface area contributed by atoms with Crippen LogP contribution < -0.4 is 5.32 Å². The van der Waals surface area contributed by atoms with Gasteiger partial charge in [-0.2, -0.15) is 0 Å². The number of carbonyl (C=O) groups is 1. The number of nitro groups is 1. The van der Waals surface area contributed by atoms with E-state index in [1.165, 1.54) is 29.1 Å². The summed E-state index contributed by atoms with van der Waals surface area (Å²) in [4.78, 5) is 27.7. The topological polar surface area (TPSA) is 85.1 Å². The first-order valence-corrected chi connectivity index (χ1v) is 7.40. The third-order valence-electron chi connectivity index (χ3n) is 3.69. The van der Waals surface area contributed by atoms with E-state index in [4.69, 9.17) is 0 Å². The Balaban J connectivity index is 1.64. The Morgan fingerprint density at radius 3 is 2.89 bits per heavy atom. The van der Waals surface area contributed by atoms with Crippen molar-refractivity contribution in [1.29, 1.82) is 0 Å². The first-order chi connectivity index (χ1) is 9.15. The van der Waals surface area contributed by atoms with Crippen LogP contribution in [0.3, 0.4) is 0 Å². The number of nitrogens with one attached hydrogen (secondary N) is 1. The molecule has 7 heteroatoms. The SMILES string of the molecule is O=C(Nc1nc2c(s1)CCCCC2)[C@@H]1C[C@H]1[N+](=O)[O-]. The van der Waals surface area contributed by atoms with Crippen LogP contribution in [0.15, 0.2) is 0 Å². The molecule has 3 rings (SSSR count). The van der Waals surface area contributed by atoms with E-state index in [1.807, 2.05) is 0 Å². The Bertz CT molecular complexity index is 505. The lowest BCUT2D eigenvalue weighted by molar-refractivity contribution is -0.497. The summed E-state index contributed by atoms with van der Waals surface area (Å²) in [6.07, 6.45) is 5.92. The van der Waals surface area contributed by atoms with Crippen molar-refractivity contribution in [1.82, 2.24) is 4.98 Å². The molecule has 2 atom stereocenters. The maximum atomic E-state index is 11.8. The summed E-state index contributed by atoms with van der Waals surface area (Å²) in [5.41, 5.74) is 1.10. The number of fused-ring (bicyclic) bond motifs is 1. The Hall–Kier alpha value is -1.50. The number of thiazole rings is 1. The molecule has 2 aliphatic rings. The molecule has 1 aromatic heterocycles. The highest BCUT2D eigenvalue weighted by Gasteiger charge is 2.53. The van der Waals surface area contributed by atoms with Gasteiger partial charge in [0.15, 0.2) is 5.13 Å². The zero-order valence-electron chi connectivity index (χ0n) is 10.4. The Morgan fingerprint density at radius 1 is 1.37 bits per heavy atom. The van der Waals surface area contributed by atoms with E-state index in [0.717, 1.165) is 25.0 Å². The van der Waals surface area contributed by atoms with Crippen LogP contribution in [0.4, 0.5) is 5.13 Å². The summed E-state index contributed by atoms with van der Waals surface area (Å²) < 4.78 is 0. The van der Waals surface area contributed by atoms with Crippen LogP contribution in [0, 0.1) is 16.0 Å². The van der Waals surface area contributed by atoms with Crippen LogP contribution in [-0.4, -0.2) is 21.9 Å². The van der Waals surface area contributed by atoms with Crippen molar-refractivity contribution in [3.8, 4) is 0 Å². The van der Waals surface area contributed by atoms with Crippen molar-refractivity contribution >= 4 is 22.4 Å². The molecule has 0 radical (unpaired) electrons. The average molecular weight is 281 g/mol. The second kappa shape index (κ2) is 4.88. The number of nitrogens with zero attached hydrogens (tertiary/aromatic N) is 2. The fourth-order valence-electron chi connectivity index (χ4n) is 2.48. The normalized spacial score (nSPS) is 25.3. The number of aryl methyl sites for hydroxylation is 2. The van der Waals surface area contributed by atoms with Gasteiger partial charge in [0.1, 0.15) is 5.92 Å². The van der Waals surface area contributed by atoms with Gasteiger partial charge in [0.25, 0.3) is 0 Å². The molecule has 1 fully saturated rings. The smallest absolute Gasteiger partial charge is 0.236 e. The van der Waals surface area contributed by atoms with E-state index >= 15 is 0 Å². The van der Waals surface area contributed by atoms with Crippen LogP contribution in [0.1, 0.15) is 36.3 Å². The number of anilines is 1. The molecule has 1 N–H and O–H groups in total. The zero-order chi connectivity index (χ0) is 13.4. The first kappa shape index (κ1) is 12.5. The molecule has 1 aromatic rings. The number of aromatic nitrogens is 1. The summed E-state index contributed by atoms with van der Waals surface area (Å²) in [5.74, 6) is -0.732. The third kappa shape index (κ3) is 2.60. The lowest BCUT2D eigenvalue weighted by atomic mass is 10.2. The van der Waals surface area contributed by atoms with Crippen molar-refractivity contribution in [3.63, 3.8) is 0 Å². The maximum absolute atomic E-state index is 11.8. The monoisotopic (exact) mass is 281 g/mol. The Kier molecular flexibility index (Phi) is 3.22. The molecule has 6 nitrogen and oxygen atoms in total. The summed E-state index contributed by atoms with van der Waals surface area (Å²) in [6.45, 7) is 0. The number of amides is 1. The average Bonchev–Trinajstić information content (AvgIpc) is 3.12. The molecule has 2 aliphatic carbocycles. The molecule has 0 saturated heterocycles. The molecule has 0 bridgehead atoms. The third-order valence-corrected chi connectivity index (χ3v) is 4.76. The van der Waals surface area contributed by atoms with Crippen LogP contribution in [0.25, 0.3) is 0 Å². The van der Waals surface area contributed by atoms with Gasteiger partial charge in [-0.15, -0.1) is 11.3 Å². The Morgan fingerprint density at radius 2 is 2.16 bits per heavy atom. The largest absolute Gasteiger partial charge is 0.301 e. The molecule has 19 heavy (non-hydrogen) atoms. The fraction of sp³-hybridized carbons (Fsp3) is 0.667. The van der Waals surface area contributed by atoms with E-state index in [1.54, 1.807) is 0 Å². The van der Waals surface area contributed by atoms with Crippen LogP contribution in [-0.2, 0) is 17.6 Å². The summed E-state index contributed by atoms with van der Waals surface area (Å²) in [6, 6.07) is -0.696. The lowest BCUT2D eigenvalue weighted by Crippen LogP contribution is -2.18. The van der Waals surface area contributed by atoms with Crippen molar-refractivity contribution in [2.24, 2.45) is 5.92 Å². The van der Waals surface area contributed by atoms with Gasteiger partial charge in [0.05, 0.1) is 5.69 Å². The molecular formula is C12H15N3O3S. The predicted octanol–water partition coefficient (Wildman–Crippen LogP) is 2.02. The van der Waals surface area contributed by atoms with E-state index in [2.05, 4.69) is 10.3 Å². The van der Waals surface area contributed by atoms with Crippen LogP contribution in [0.5, 0.6) is 0 Å². The minimum absolute atomic E-state index is 0.259. The molecule has 102 valence electrons. The van der Waals surface area contributed by atoms with Crippen LogP contribution in [0.2, 0.25) is 0 Å². The standard InChI is InChI=1S/C12H15N3O3S/c16-11(7-6-9(7)15(17)18)14-12-13-8-4-2-1-3-5-10(8)19-12/h7,9H,1-6H2,(H,13,14,16)/t7-,9-/m1/s1. The highest BCUT2D eigenvalue weighted by molar-refractivity contribution is 7.15. The number of hydrogen-bond donors (Lipinski definition) is 1. The summed E-state index contributed by atoms with van der Waals surface area (Å²) in [5, 5.41) is 13.9. The predicted molar refractivity (Wildman–Crippen MR) is 70.9 cm³/mol.